The highest BCUT2D eigenvalue weighted by Crippen LogP contribution is 2.22. The lowest BCUT2D eigenvalue weighted by atomic mass is 10.1. The predicted molar refractivity (Wildman–Crippen MR) is 95.1 cm³/mol. The Labute approximate surface area is 137 Å². The zero-order valence-corrected chi connectivity index (χ0v) is 13.5. The quantitative estimate of drug-likeness (QED) is 0.725. The Hall–Kier alpha value is -2.13. The minimum absolute atomic E-state index is 1.11. The van der Waals surface area contributed by atoms with E-state index >= 15 is 0 Å². The zero-order chi connectivity index (χ0) is 15.5. The molecule has 0 N–H and O–H groups in total. The highest BCUT2D eigenvalue weighted by Gasteiger charge is 2.12. The number of benzene rings is 2. The van der Waals surface area contributed by atoms with Crippen LogP contribution in [0.15, 0.2) is 54.7 Å². The molecule has 0 unspecified atom stereocenters. The molecule has 0 bridgehead atoms. The first-order chi connectivity index (χ1) is 11.4. The van der Waals surface area contributed by atoms with Crippen molar-refractivity contribution >= 4 is 10.9 Å². The number of nitrogens with zero attached hydrogens (tertiary/aromatic N) is 3. The summed E-state index contributed by atoms with van der Waals surface area (Å²) in [6.45, 7) is 3.69. The molecule has 1 fully saturated rings. The Kier molecular flexibility index (Phi) is 4.12. The van der Waals surface area contributed by atoms with Crippen molar-refractivity contribution in [2.75, 3.05) is 19.6 Å². The van der Waals surface area contributed by atoms with E-state index in [9.17, 15) is 0 Å². The lowest BCUT2D eigenvalue weighted by Crippen LogP contribution is -2.31. The third kappa shape index (κ3) is 3.02. The maximum absolute atomic E-state index is 4.62. The first kappa shape index (κ1) is 14.5. The van der Waals surface area contributed by atoms with Gasteiger partial charge in [0.15, 0.2) is 0 Å². The predicted octanol–water partition coefficient (Wildman–Crippen LogP) is 4.05. The fourth-order valence-corrected chi connectivity index (χ4v) is 3.57. The average molecular weight is 305 g/mol. The molecule has 1 aliphatic heterocycles. The maximum atomic E-state index is 4.62. The first-order valence-electron chi connectivity index (χ1n) is 8.65. The van der Waals surface area contributed by atoms with E-state index in [-0.39, 0.29) is 0 Å². The van der Waals surface area contributed by atoms with Gasteiger partial charge in [0.25, 0.3) is 0 Å². The van der Waals surface area contributed by atoms with E-state index in [0.29, 0.717) is 0 Å². The molecule has 2 aromatic carbocycles. The second kappa shape index (κ2) is 6.55. The smallest absolute Gasteiger partial charge is 0.0743 e. The van der Waals surface area contributed by atoms with Crippen molar-refractivity contribution in [1.29, 1.82) is 0 Å². The fraction of sp³-hybridized carbons (Fsp3) is 0.350. The van der Waals surface area contributed by atoms with Crippen molar-refractivity contribution in [3.05, 3.63) is 60.3 Å². The molecular weight excluding hydrogens is 282 g/mol. The fourth-order valence-electron chi connectivity index (χ4n) is 3.57. The second-order valence-electron chi connectivity index (χ2n) is 6.39. The molecule has 3 aromatic rings. The normalized spacial score (nSPS) is 16.0. The average Bonchev–Trinajstić information content (AvgIpc) is 3.06. The van der Waals surface area contributed by atoms with Crippen LogP contribution in [0.1, 0.15) is 24.8 Å². The van der Waals surface area contributed by atoms with Crippen LogP contribution < -0.4 is 0 Å². The van der Waals surface area contributed by atoms with Gasteiger partial charge in [0, 0.05) is 11.9 Å². The van der Waals surface area contributed by atoms with Gasteiger partial charge in [-0.1, -0.05) is 36.8 Å². The summed E-state index contributed by atoms with van der Waals surface area (Å²) in [6, 6.07) is 16.9. The molecule has 1 aromatic heterocycles. The highest BCUT2D eigenvalue weighted by atomic mass is 15.3. The summed E-state index contributed by atoms with van der Waals surface area (Å²) in [5.74, 6) is 0. The van der Waals surface area contributed by atoms with Crippen molar-refractivity contribution in [3.63, 3.8) is 0 Å². The zero-order valence-electron chi connectivity index (χ0n) is 13.5. The number of piperidine rings is 1. The molecular formula is C20H23N3. The van der Waals surface area contributed by atoms with Crippen molar-refractivity contribution < 1.29 is 0 Å². The van der Waals surface area contributed by atoms with Gasteiger partial charge >= 0.3 is 0 Å². The highest BCUT2D eigenvalue weighted by molar-refractivity contribution is 5.83. The monoisotopic (exact) mass is 305 g/mol. The second-order valence-corrected chi connectivity index (χ2v) is 6.39. The molecule has 3 nitrogen and oxygen atoms in total. The molecule has 0 radical (unpaired) electrons. The number of rotatable bonds is 4. The van der Waals surface area contributed by atoms with Crippen LogP contribution in [-0.2, 0) is 6.42 Å². The standard InChI is InChI=1S/C20H23N3/c1-3-9-18(10-4-1)23-20-11-7-8-17(19(20)16-21-23)12-15-22-13-5-2-6-14-22/h1,3-4,7-11,16H,2,5-6,12-15H2. The molecule has 3 heteroatoms. The number of hydrogen-bond donors (Lipinski definition) is 0. The molecule has 118 valence electrons. The Morgan fingerprint density at radius 1 is 0.870 bits per heavy atom. The van der Waals surface area contributed by atoms with Gasteiger partial charge < -0.3 is 4.90 Å². The van der Waals surface area contributed by atoms with Crippen LogP contribution in [0.2, 0.25) is 0 Å². The number of likely N-dealkylation sites (tertiary alicyclic amines) is 1. The van der Waals surface area contributed by atoms with Crippen LogP contribution in [0.25, 0.3) is 16.6 Å². The summed E-state index contributed by atoms with van der Waals surface area (Å²) in [7, 11) is 0. The van der Waals surface area contributed by atoms with Crippen LogP contribution in [0.4, 0.5) is 0 Å². The van der Waals surface area contributed by atoms with Gasteiger partial charge in [0.1, 0.15) is 0 Å². The van der Waals surface area contributed by atoms with E-state index < -0.39 is 0 Å². The van der Waals surface area contributed by atoms with Crippen LogP contribution in [0.3, 0.4) is 0 Å². The third-order valence-corrected chi connectivity index (χ3v) is 4.85. The van der Waals surface area contributed by atoms with Gasteiger partial charge in [0.05, 0.1) is 17.4 Å². The number of hydrogen-bond acceptors (Lipinski definition) is 2. The van der Waals surface area contributed by atoms with Crippen molar-refractivity contribution in [2.45, 2.75) is 25.7 Å². The van der Waals surface area contributed by atoms with Crippen molar-refractivity contribution in [2.24, 2.45) is 0 Å². The minimum atomic E-state index is 1.11. The van der Waals surface area contributed by atoms with Gasteiger partial charge in [-0.15, -0.1) is 0 Å². The first-order valence-corrected chi connectivity index (χ1v) is 8.65. The Bertz CT molecular complexity index is 770. The summed E-state index contributed by atoms with van der Waals surface area (Å²) in [4.78, 5) is 2.60. The molecule has 0 atom stereocenters. The lowest BCUT2D eigenvalue weighted by Gasteiger charge is -2.26. The van der Waals surface area contributed by atoms with Crippen LogP contribution in [-0.4, -0.2) is 34.3 Å². The van der Waals surface area contributed by atoms with E-state index in [4.69, 9.17) is 0 Å². The molecule has 23 heavy (non-hydrogen) atoms. The number of para-hydroxylation sites is 1. The van der Waals surface area contributed by atoms with Gasteiger partial charge in [0.2, 0.25) is 0 Å². The number of aromatic nitrogens is 2. The van der Waals surface area contributed by atoms with Crippen molar-refractivity contribution in [3.8, 4) is 5.69 Å². The molecule has 0 aliphatic carbocycles. The summed E-state index contributed by atoms with van der Waals surface area (Å²) < 4.78 is 2.04. The summed E-state index contributed by atoms with van der Waals surface area (Å²) >= 11 is 0. The van der Waals surface area contributed by atoms with Gasteiger partial charge in [-0.05, 0) is 56.1 Å². The Morgan fingerprint density at radius 2 is 1.70 bits per heavy atom. The molecule has 2 heterocycles. The Balaban J connectivity index is 1.60. The topological polar surface area (TPSA) is 21.1 Å². The van der Waals surface area contributed by atoms with E-state index in [0.717, 1.165) is 18.7 Å². The maximum Gasteiger partial charge on any atom is 0.0743 e. The summed E-state index contributed by atoms with van der Waals surface area (Å²) in [5, 5.41) is 5.91. The molecule has 1 aliphatic rings. The molecule has 1 saturated heterocycles. The van der Waals surface area contributed by atoms with Crippen LogP contribution in [0, 0.1) is 0 Å². The van der Waals surface area contributed by atoms with Crippen LogP contribution in [0.5, 0.6) is 0 Å². The van der Waals surface area contributed by atoms with Gasteiger partial charge in [-0.2, -0.15) is 5.10 Å². The van der Waals surface area contributed by atoms with E-state index in [1.807, 2.05) is 16.9 Å². The molecule has 0 amide bonds. The number of fused-ring (bicyclic) bond motifs is 1. The summed E-state index contributed by atoms with van der Waals surface area (Å²) in [6.07, 6.45) is 7.24. The van der Waals surface area contributed by atoms with Crippen LogP contribution >= 0.6 is 0 Å². The SMILES string of the molecule is c1ccc(-n2ncc3c(CCN4CCCCC4)cccc32)cc1. The van der Waals surface area contributed by atoms with E-state index in [1.54, 1.807) is 0 Å². The lowest BCUT2D eigenvalue weighted by molar-refractivity contribution is 0.231. The molecule has 4 rings (SSSR count). The molecule has 0 spiro atoms. The van der Waals surface area contributed by atoms with Gasteiger partial charge in [-0.3, -0.25) is 0 Å². The van der Waals surface area contributed by atoms with Gasteiger partial charge in [-0.25, -0.2) is 4.68 Å². The Morgan fingerprint density at radius 3 is 2.52 bits per heavy atom. The molecule has 0 saturated carbocycles. The van der Waals surface area contributed by atoms with E-state index in [1.165, 1.54) is 48.8 Å². The summed E-state index contributed by atoms with van der Waals surface area (Å²) in [5.41, 5.74) is 3.73. The minimum Gasteiger partial charge on any atom is -0.303 e. The largest absolute Gasteiger partial charge is 0.303 e. The van der Waals surface area contributed by atoms with E-state index in [2.05, 4.69) is 52.5 Å². The third-order valence-electron chi connectivity index (χ3n) is 4.85. The van der Waals surface area contributed by atoms with Crippen molar-refractivity contribution in [1.82, 2.24) is 14.7 Å².